The van der Waals surface area contributed by atoms with Gasteiger partial charge >= 0.3 is 0 Å². The second-order valence-electron chi connectivity index (χ2n) is 4.49. The molecule has 0 amide bonds. The van der Waals surface area contributed by atoms with Crippen molar-refractivity contribution in [1.29, 1.82) is 0 Å². The van der Waals surface area contributed by atoms with Gasteiger partial charge in [-0.3, -0.25) is 0 Å². The van der Waals surface area contributed by atoms with Crippen LogP contribution in [0.4, 0.5) is 5.69 Å². The van der Waals surface area contributed by atoms with E-state index >= 15 is 0 Å². The molecule has 0 aliphatic rings. The van der Waals surface area contributed by atoms with Crippen molar-refractivity contribution in [2.45, 2.75) is 6.42 Å². The van der Waals surface area contributed by atoms with Crippen molar-refractivity contribution < 1.29 is 9.47 Å². The van der Waals surface area contributed by atoms with Gasteiger partial charge in [0.15, 0.2) is 0 Å². The maximum atomic E-state index is 5.66. The highest BCUT2D eigenvalue weighted by molar-refractivity contribution is 5.54. The van der Waals surface area contributed by atoms with Crippen LogP contribution in [0, 0.1) is 0 Å². The SMILES string of the molecule is COc1cc(C/C=C/c2ccc(N)cc2)cc(OC)c1. The molecule has 0 saturated heterocycles. The molecule has 0 unspecified atom stereocenters. The van der Waals surface area contributed by atoms with E-state index in [-0.39, 0.29) is 0 Å². The van der Waals surface area contributed by atoms with Gasteiger partial charge in [0.1, 0.15) is 11.5 Å². The van der Waals surface area contributed by atoms with E-state index in [4.69, 9.17) is 15.2 Å². The van der Waals surface area contributed by atoms with Crippen molar-refractivity contribution >= 4 is 11.8 Å². The van der Waals surface area contributed by atoms with Crippen LogP contribution in [0.3, 0.4) is 0 Å². The first-order valence-corrected chi connectivity index (χ1v) is 6.45. The van der Waals surface area contributed by atoms with Gasteiger partial charge in [-0.2, -0.15) is 0 Å². The van der Waals surface area contributed by atoms with Gasteiger partial charge in [-0.1, -0.05) is 24.3 Å². The number of anilines is 1. The first-order valence-electron chi connectivity index (χ1n) is 6.45. The van der Waals surface area contributed by atoms with E-state index in [1.54, 1.807) is 14.2 Å². The lowest BCUT2D eigenvalue weighted by atomic mass is 10.1. The van der Waals surface area contributed by atoms with Crippen LogP contribution in [0.1, 0.15) is 11.1 Å². The summed E-state index contributed by atoms with van der Waals surface area (Å²) in [6, 6.07) is 13.7. The summed E-state index contributed by atoms with van der Waals surface area (Å²) in [6.07, 6.45) is 5.00. The highest BCUT2D eigenvalue weighted by atomic mass is 16.5. The summed E-state index contributed by atoms with van der Waals surface area (Å²) in [7, 11) is 3.31. The predicted octanol–water partition coefficient (Wildman–Crippen LogP) is 3.54. The molecule has 0 aromatic heterocycles. The van der Waals surface area contributed by atoms with Gasteiger partial charge in [0.25, 0.3) is 0 Å². The summed E-state index contributed by atoms with van der Waals surface area (Å²) < 4.78 is 10.5. The van der Waals surface area contributed by atoms with Gasteiger partial charge < -0.3 is 15.2 Å². The van der Waals surface area contributed by atoms with E-state index in [9.17, 15) is 0 Å². The molecule has 2 rings (SSSR count). The number of allylic oxidation sites excluding steroid dienone is 1. The molecule has 0 saturated carbocycles. The van der Waals surface area contributed by atoms with Crippen molar-refractivity contribution in [3.63, 3.8) is 0 Å². The topological polar surface area (TPSA) is 44.5 Å². The molecule has 2 aromatic carbocycles. The van der Waals surface area contributed by atoms with Crippen LogP contribution < -0.4 is 15.2 Å². The van der Waals surface area contributed by atoms with Crippen LogP contribution in [0.2, 0.25) is 0 Å². The van der Waals surface area contributed by atoms with Gasteiger partial charge in [0.2, 0.25) is 0 Å². The minimum Gasteiger partial charge on any atom is -0.497 e. The third kappa shape index (κ3) is 3.79. The third-order valence-electron chi connectivity index (χ3n) is 3.01. The highest BCUT2D eigenvalue weighted by Crippen LogP contribution is 2.23. The molecular weight excluding hydrogens is 250 g/mol. The summed E-state index contributed by atoms with van der Waals surface area (Å²) in [4.78, 5) is 0. The molecule has 104 valence electrons. The second kappa shape index (κ2) is 6.66. The van der Waals surface area contributed by atoms with Gasteiger partial charge in [0, 0.05) is 11.8 Å². The number of ether oxygens (including phenoxy) is 2. The Bertz CT molecular complexity index is 566. The van der Waals surface area contributed by atoms with Crippen LogP contribution in [0.15, 0.2) is 48.5 Å². The Kier molecular flexibility index (Phi) is 4.66. The first-order chi connectivity index (χ1) is 9.71. The van der Waals surface area contributed by atoms with Gasteiger partial charge in [-0.15, -0.1) is 0 Å². The molecule has 0 bridgehead atoms. The molecule has 0 radical (unpaired) electrons. The standard InChI is InChI=1S/C17H19NO2/c1-19-16-10-14(11-17(12-16)20-2)5-3-4-13-6-8-15(18)9-7-13/h3-4,6-12H,5,18H2,1-2H3/b4-3+. The zero-order chi connectivity index (χ0) is 14.4. The van der Waals surface area contributed by atoms with Gasteiger partial charge in [0.05, 0.1) is 14.2 Å². The van der Waals surface area contributed by atoms with Crippen molar-refractivity contribution in [2.75, 3.05) is 20.0 Å². The fourth-order valence-corrected chi connectivity index (χ4v) is 1.92. The summed E-state index contributed by atoms with van der Waals surface area (Å²) in [6.45, 7) is 0. The monoisotopic (exact) mass is 269 g/mol. The number of methoxy groups -OCH3 is 2. The number of hydrogen-bond donors (Lipinski definition) is 1. The zero-order valence-corrected chi connectivity index (χ0v) is 11.8. The molecule has 3 heteroatoms. The number of nitrogens with two attached hydrogens (primary N) is 1. The third-order valence-corrected chi connectivity index (χ3v) is 3.01. The predicted molar refractivity (Wildman–Crippen MR) is 83.1 cm³/mol. The van der Waals surface area contributed by atoms with Crippen LogP contribution in [0.25, 0.3) is 6.08 Å². The maximum absolute atomic E-state index is 5.66. The Labute approximate surface area is 119 Å². The maximum Gasteiger partial charge on any atom is 0.122 e. The average molecular weight is 269 g/mol. The van der Waals surface area contributed by atoms with Crippen LogP contribution in [0.5, 0.6) is 11.5 Å². The Balaban J connectivity index is 2.08. The van der Waals surface area contributed by atoms with Crippen molar-refractivity contribution in [1.82, 2.24) is 0 Å². The number of benzene rings is 2. The molecule has 2 N–H and O–H groups in total. The van der Waals surface area contributed by atoms with E-state index in [0.29, 0.717) is 0 Å². The average Bonchev–Trinajstić information content (AvgIpc) is 2.49. The Morgan fingerprint density at radius 1 is 0.950 bits per heavy atom. The minimum absolute atomic E-state index is 0.777. The minimum atomic E-state index is 0.777. The highest BCUT2D eigenvalue weighted by Gasteiger charge is 2.00. The van der Waals surface area contributed by atoms with E-state index in [0.717, 1.165) is 34.7 Å². The molecule has 2 aromatic rings. The Morgan fingerprint density at radius 3 is 2.10 bits per heavy atom. The van der Waals surface area contributed by atoms with Crippen LogP contribution in [-0.4, -0.2) is 14.2 Å². The molecule has 3 nitrogen and oxygen atoms in total. The number of rotatable bonds is 5. The molecule has 0 aliphatic carbocycles. The van der Waals surface area contributed by atoms with Gasteiger partial charge in [-0.25, -0.2) is 0 Å². The van der Waals surface area contributed by atoms with E-state index in [1.165, 1.54) is 0 Å². The normalized spacial score (nSPS) is 10.7. The molecule has 0 atom stereocenters. The molecule has 20 heavy (non-hydrogen) atoms. The van der Waals surface area contributed by atoms with Crippen molar-refractivity contribution in [3.05, 3.63) is 59.7 Å². The van der Waals surface area contributed by atoms with Crippen molar-refractivity contribution in [2.24, 2.45) is 0 Å². The zero-order valence-electron chi connectivity index (χ0n) is 11.8. The fraction of sp³-hybridized carbons (Fsp3) is 0.176. The molecule has 0 fully saturated rings. The lowest BCUT2D eigenvalue weighted by Crippen LogP contribution is -1.90. The second-order valence-corrected chi connectivity index (χ2v) is 4.49. The number of hydrogen-bond acceptors (Lipinski definition) is 3. The molecule has 0 heterocycles. The molecule has 0 spiro atoms. The first kappa shape index (κ1) is 14.0. The number of nitrogen functional groups attached to an aromatic ring is 1. The van der Waals surface area contributed by atoms with E-state index in [2.05, 4.69) is 12.2 Å². The fourth-order valence-electron chi connectivity index (χ4n) is 1.92. The summed E-state index contributed by atoms with van der Waals surface area (Å²) in [5.74, 6) is 1.61. The van der Waals surface area contributed by atoms with Crippen LogP contribution in [-0.2, 0) is 6.42 Å². The quantitative estimate of drug-likeness (QED) is 0.844. The summed E-state index contributed by atoms with van der Waals surface area (Å²) in [5, 5.41) is 0. The Morgan fingerprint density at radius 2 is 1.55 bits per heavy atom. The Hall–Kier alpha value is -2.42. The van der Waals surface area contributed by atoms with E-state index < -0.39 is 0 Å². The largest absolute Gasteiger partial charge is 0.497 e. The van der Waals surface area contributed by atoms with E-state index in [1.807, 2.05) is 42.5 Å². The summed E-state index contributed by atoms with van der Waals surface area (Å²) in [5.41, 5.74) is 8.72. The summed E-state index contributed by atoms with van der Waals surface area (Å²) >= 11 is 0. The van der Waals surface area contributed by atoms with Crippen LogP contribution >= 0.6 is 0 Å². The molecule has 0 aliphatic heterocycles. The lowest BCUT2D eigenvalue weighted by Gasteiger charge is -2.06. The lowest BCUT2D eigenvalue weighted by molar-refractivity contribution is 0.393. The smallest absolute Gasteiger partial charge is 0.122 e. The van der Waals surface area contributed by atoms with Crippen molar-refractivity contribution in [3.8, 4) is 11.5 Å². The van der Waals surface area contributed by atoms with Gasteiger partial charge in [-0.05, 0) is 41.8 Å². The molecular formula is C17H19NO2.